The van der Waals surface area contributed by atoms with Crippen molar-refractivity contribution in [2.75, 3.05) is 12.4 Å². The molecule has 0 radical (unpaired) electrons. The van der Waals surface area contributed by atoms with Crippen molar-refractivity contribution in [3.05, 3.63) is 76.7 Å². The van der Waals surface area contributed by atoms with Gasteiger partial charge in [0.25, 0.3) is 5.91 Å². The minimum Gasteiger partial charge on any atom is -0.497 e. The van der Waals surface area contributed by atoms with Crippen LogP contribution in [0.25, 0.3) is 0 Å². The molecule has 25 heavy (non-hydrogen) atoms. The van der Waals surface area contributed by atoms with Gasteiger partial charge in [-0.05, 0) is 35.9 Å². The summed E-state index contributed by atoms with van der Waals surface area (Å²) in [7, 11) is 1.53. The van der Waals surface area contributed by atoms with E-state index in [1.807, 2.05) is 0 Å². The van der Waals surface area contributed by atoms with Crippen molar-refractivity contribution in [2.45, 2.75) is 6.54 Å². The van der Waals surface area contributed by atoms with Crippen molar-refractivity contribution in [1.29, 1.82) is 0 Å². The number of anilines is 1. The number of carbonyl (C=O) groups excluding carboxylic acids is 1. The number of nitrogens with zero attached hydrogens (tertiary/aromatic N) is 2. The Morgan fingerprint density at radius 1 is 1.28 bits per heavy atom. The van der Waals surface area contributed by atoms with Gasteiger partial charge in [0.05, 0.1) is 13.7 Å². The van der Waals surface area contributed by atoms with Gasteiger partial charge in [-0.1, -0.05) is 29.8 Å². The Labute approximate surface area is 149 Å². The van der Waals surface area contributed by atoms with Gasteiger partial charge in [0.2, 0.25) is 0 Å². The van der Waals surface area contributed by atoms with E-state index >= 15 is 0 Å². The van der Waals surface area contributed by atoms with Gasteiger partial charge in [-0.2, -0.15) is 5.10 Å². The van der Waals surface area contributed by atoms with Crippen LogP contribution in [0.5, 0.6) is 5.75 Å². The third kappa shape index (κ3) is 4.16. The summed E-state index contributed by atoms with van der Waals surface area (Å²) in [5.74, 6) is 0.207. The van der Waals surface area contributed by atoms with E-state index in [1.165, 1.54) is 19.2 Å². The maximum atomic E-state index is 13.0. The number of ether oxygens (including phenoxy) is 1. The predicted molar refractivity (Wildman–Crippen MR) is 93.7 cm³/mol. The Kier molecular flexibility index (Phi) is 5.00. The topological polar surface area (TPSA) is 56.1 Å². The molecule has 128 valence electrons. The summed E-state index contributed by atoms with van der Waals surface area (Å²) in [6.45, 7) is 0.412. The van der Waals surface area contributed by atoms with Gasteiger partial charge in [0.15, 0.2) is 5.82 Å². The number of rotatable bonds is 5. The Hall–Kier alpha value is -2.86. The molecule has 0 atom stereocenters. The van der Waals surface area contributed by atoms with Crippen LogP contribution in [0.3, 0.4) is 0 Å². The van der Waals surface area contributed by atoms with Crippen LogP contribution in [0.15, 0.2) is 54.7 Å². The zero-order chi connectivity index (χ0) is 17.8. The first-order chi connectivity index (χ1) is 12.0. The molecule has 0 unspecified atom stereocenters. The molecule has 0 saturated heterocycles. The second-order valence-electron chi connectivity index (χ2n) is 5.34. The number of hydrogen-bond donors (Lipinski definition) is 1. The molecule has 2 aromatic carbocycles. The molecular formula is C18H15ClFN3O2. The van der Waals surface area contributed by atoms with Crippen molar-refractivity contribution < 1.29 is 13.9 Å². The van der Waals surface area contributed by atoms with Gasteiger partial charge in [-0.15, -0.1) is 0 Å². The Balaban J connectivity index is 1.73. The lowest BCUT2D eigenvalue weighted by molar-refractivity contribution is 0.102. The first-order valence-electron chi connectivity index (χ1n) is 7.48. The molecule has 1 aromatic heterocycles. The number of nitrogens with one attached hydrogen (secondary N) is 1. The monoisotopic (exact) mass is 359 g/mol. The molecule has 0 spiro atoms. The number of aromatic nitrogens is 2. The highest BCUT2D eigenvalue weighted by molar-refractivity contribution is 6.33. The SMILES string of the molecule is COc1cccc(C(=O)Nc2nn(Cc3ccc(F)cc3)cc2Cl)c1. The largest absolute Gasteiger partial charge is 0.497 e. The molecule has 3 rings (SSSR count). The molecular weight excluding hydrogens is 345 g/mol. The van der Waals surface area contributed by atoms with Crippen LogP contribution >= 0.6 is 11.6 Å². The predicted octanol–water partition coefficient (Wildman–Crippen LogP) is 3.98. The highest BCUT2D eigenvalue weighted by Crippen LogP contribution is 2.21. The highest BCUT2D eigenvalue weighted by atomic mass is 35.5. The normalized spacial score (nSPS) is 10.5. The van der Waals surface area contributed by atoms with E-state index in [1.54, 1.807) is 47.3 Å². The van der Waals surface area contributed by atoms with Crippen LogP contribution < -0.4 is 10.1 Å². The zero-order valence-electron chi connectivity index (χ0n) is 13.4. The lowest BCUT2D eigenvalue weighted by Gasteiger charge is -2.05. The fourth-order valence-corrected chi connectivity index (χ4v) is 2.48. The summed E-state index contributed by atoms with van der Waals surface area (Å²) < 4.78 is 19.6. The fraction of sp³-hybridized carbons (Fsp3) is 0.111. The Morgan fingerprint density at radius 3 is 2.76 bits per heavy atom. The van der Waals surface area contributed by atoms with Gasteiger partial charge >= 0.3 is 0 Å². The maximum Gasteiger partial charge on any atom is 0.257 e. The molecule has 0 saturated carbocycles. The highest BCUT2D eigenvalue weighted by Gasteiger charge is 2.13. The van der Waals surface area contributed by atoms with Gasteiger partial charge in [-0.3, -0.25) is 9.48 Å². The van der Waals surface area contributed by atoms with Crippen molar-refractivity contribution in [3.63, 3.8) is 0 Å². The van der Waals surface area contributed by atoms with Gasteiger partial charge in [0, 0.05) is 11.8 Å². The van der Waals surface area contributed by atoms with Crippen molar-refractivity contribution in [2.24, 2.45) is 0 Å². The Morgan fingerprint density at radius 2 is 2.04 bits per heavy atom. The molecule has 1 amide bonds. The molecule has 0 aliphatic rings. The van der Waals surface area contributed by atoms with Gasteiger partial charge in [0.1, 0.15) is 16.6 Å². The van der Waals surface area contributed by atoms with Gasteiger partial charge in [-0.25, -0.2) is 4.39 Å². The summed E-state index contributed by atoms with van der Waals surface area (Å²) in [5, 5.41) is 7.26. The van der Waals surface area contributed by atoms with Crippen LogP contribution in [0.2, 0.25) is 5.02 Å². The molecule has 1 N–H and O–H groups in total. The second-order valence-corrected chi connectivity index (χ2v) is 5.74. The lowest BCUT2D eigenvalue weighted by atomic mass is 10.2. The lowest BCUT2D eigenvalue weighted by Crippen LogP contribution is -2.13. The van der Waals surface area contributed by atoms with E-state index in [2.05, 4.69) is 10.4 Å². The number of methoxy groups -OCH3 is 1. The van der Waals surface area contributed by atoms with Crippen molar-refractivity contribution in [3.8, 4) is 5.75 Å². The summed E-state index contributed by atoms with van der Waals surface area (Å²) in [6, 6.07) is 12.9. The molecule has 0 fully saturated rings. The van der Waals surface area contributed by atoms with Crippen LogP contribution in [-0.4, -0.2) is 22.8 Å². The van der Waals surface area contributed by atoms with Crippen molar-refractivity contribution >= 4 is 23.3 Å². The third-order valence-electron chi connectivity index (χ3n) is 3.54. The number of hydrogen-bond acceptors (Lipinski definition) is 3. The summed E-state index contributed by atoms with van der Waals surface area (Å²) in [5.41, 5.74) is 1.30. The zero-order valence-corrected chi connectivity index (χ0v) is 14.1. The van der Waals surface area contributed by atoms with E-state index in [9.17, 15) is 9.18 Å². The van der Waals surface area contributed by atoms with E-state index in [0.717, 1.165) is 5.56 Å². The van der Waals surface area contributed by atoms with Crippen LogP contribution in [0.4, 0.5) is 10.2 Å². The number of amides is 1. The minimum absolute atomic E-state index is 0.261. The average molecular weight is 360 g/mol. The van der Waals surface area contributed by atoms with E-state index in [-0.39, 0.29) is 17.5 Å². The standard InChI is InChI=1S/C18H15ClFN3O2/c1-25-15-4-2-3-13(9-15)18(24)21-17-16(19)11-23(22-17)10-12-5-7-14(20)8-6-12/h2-9,11H,10H2,1H3,(H,21,22,24). The second kappa shape index (κ2) is 7.36. The Bertz CT molecular complexity index is 894. The third-order valence-corrected chi connectivity index (χ3v) is 3.82. The van der Waals surface area contributed by atoms with Crippen molar-refractivity contribution in [1.82, 2.24) is 9.78 Å². The summed E-state index contributed by atoms with van der Waals surface area (Å²) >= 11 is 6.14. The fourth-order valence-electron chi connectivity index (χ4n) is 2.28. The van der Waals surface area contributed by atoms with E-state index in [4.69, 9.17) is 16.3 Å². The minimum atomic E-state index is -0.340. The molecule has 7 heteroatoms. The average Bonchev–Trinajstić information content (AvgIpc) is 2.96. The quantitative estimate of drug-likeness (QED) is 0.749. The first-order valence-corrected chi connectivity index (χ1v) is 7.86. The number of benzene rings is 2. The summed E-state index contributed by atoms with van der Waals surface area (Å²) in [6.07, 6.45) is 1.60. The molecule has 0 bridgehead atoms. The van der Waals surface area contributed by atoms with Crippen LogP contribution in [0.1, 0.15) is 15.9 Å². The maximum absolute atomic E-state index is 13.0. The molecule has 1 heterocycles. The number of halogens is 2. The van der Waals surface area contributed by atoms with Crippen LogP contribution in [0, 0.1) is 5.82 Å². The van der Waals surface area contributed by atoms with E-state index < -0.39 is 0 Å². The van der Waals surface area contributed by atoms with Crippen LogP contribution in [-0.2, 0) is 6.54 Å². The summed E-state index contributed by atoms with van der Waals surface area (Å²) in [4.78, 5) is 12.3. The first kappa shape index (κ1) is 17.0. The molecule has 5 nitrogen and oxygen atoms in total. The van der Waals surface area contributed by atoms with E-state index in [0.29, 0.717) is 22.9 Å². The smallest absolute Gasteiger partial charge is 0.257 e. The molecule has 3 aromatic rings. The number of carbonyl (C=O) groups is 1. The molecule has 0 aliphatic carbocycles. The van der Waals surface area contributed by atoms with Gasteiger partial charge < -0.3 is 10.1 Å². The molecule has 0 aliphatic heterocycles.